The van der Waals surface area contributed by atoms with Crippen LogP contribution in [-0.2, 0) is 0 Å². The predicted molar refractivity (Wildman–Crippen MR) is 48.1 cm³/mol. The summed E-state index contributed by atoms with van der Waals surface area (Å²) < 4.78 is 0. The van der Waals surface area contributed by atoms with Gasteiger partial charge in [0.25, 0.3) is 0 Å². The maximum atomic E-state index is 8.20. The van der Waals surface area contributed by atoms with Crippen molar-refractivity contribution in [2.75, 3.05) is 5.73 Å². The third-order valence-corrected chi connectivity index (χ3v) is 1.53. The molecule has 0 atom stereocenters. The van der Waals surface area contributed by atoms with Crippen LogP contribution >= 0.6 is 0 Å². The van der Waals surface area contributed by atoms with Crippen LogP contribution < -0.4 is 5.73 Å². The molecular formula is C10H8N2. The van der Waals surface area contributed by atoms with E-state index >= 15 is 0 Å². The molecule has 0 saturated heterocycles. The lowest BCUT2D eigenvalue weighted by Gasteiger charge is -1.98. The summed E-state index contributed by atoms with van der Waals surface area (Å²) in [5.74, 6) is 5.02. The zero-order valence-corrected chi connectivity index (χ0v) is 6.76. The number of nitrogens with zero attached hydrogens (tertiary/aromatic N) is 1. The van der Waals surface area contributed by atoms with Gasteiger partial charge in [0.1, 0.15) is 0 Å². The second-order valence-corrected chi connectivity index (χ2v) is 2.43. The summed E-state index contributed by atoms with van der Waals surface area (Å²) in [6.07, 6.45) is 0. The monoisotopic (exact) mass is 156 g/mol. The van der Waals surface area contributed by atoms with E-state index in [2.05, 4.69) is 11.8 Å². The van der Waals surface area contributed by atoms with Gasteiger partial charge in [-0.3, -0.25) is 0 Å². The molecule has 2 N–H and O–H groups in total. The first-order valence-electron chi connectivity index (χ1n) is 3.50. The van der Waals surface area contributed by atoms with E-state index in [9.17, 15) is 0 Å². The molecule has 0 aliphatic carbocycles. The molecule has 0 aliphatic rings. The Balaban J connectivity index is 3.07. The van der Waals surface area contributed by atoms with Gasteiger partial charge in [-0.2, -0.15) is 5.26 Å². The summed E-state index contributed by atoms with van der Waals surface area (Å²) in [5.41, 5.74) is 8.16. The molecule has 0 unspecified atom stereocenters. The van der Waals surface area contributed by atoms with Gasteiger partial charge in [-0.1, -0.05) is 5.92 Å². The highest BCUT2D eigenvalue weighted by Crippen LogP contribution is 2.11. The standard InChI is InChI=1S/C10H8N2/c1-8-7-9(3-2-6-11)4-5-10(8)12/h4-5,7H,12H2,1H3. The molecule has 1 rings (SSSR count). The Morgan fingerprint density at radius 1 is 1.42 bits per heavy atom. The molecule has 0 bridgehead atoms. The number of hydrogen-bond acceptors (Lipinski definition) is 2. The summed E-state index contributed by atoms with van der Waals surface area (Å²) >= 11 is 0. The summed E-state index contributed by atoms with van der Waals surface area (Å²) in [7, 11) is 0. The van der Waals surface area contributed by atoms with Gasteiger partial charge in [0.15, 0.2) is 6.07 Å². The molecular weight excluding hydrogens is 148 g/mol. The van der Waals surface area contributed by atoms with Crippen molar-refractivity contribution in [3.05, 3.63) is 29.3 Å². The summed E-state index contributed by atoms with van der Waals surface area (Å²) in [5, 5.41) is 8.20. The number of nitriles is 1. The van der Waals surface area contributed by atoms with Crippen molar-refractivity contribution in [3.63, 3.8) is 0 Å². The van der Waals surface area contributed by atoms with E-state index in [4.69, 9.17) is 11.0 Å². The lowest BCUT2D eigenvalue weighted by Crippen LogP contribution is -1.89. The van der Waals surface area contributed by atoms with Crippen molar-refractivity contribution < 1.29 is 0 Å². The van der Waals surface area contributed by atoms with Crippen molar-refractivity contribution in [1.82, 2.24) is 0 Å². The van der Waals surface area contributed by atoms with Crippen LogP contribution in [0.25, 0.3) is 0 Å². The van der Waals surface area contributed by atoms with E-state index < -0.39 is 0 Å². The number of anilines is 1. The molecule has 0 amide bonds. The highest BCUT2D eigenvalue weighted by Gasteiger charge is 1.92. The number of nitrogens with two attached hydrogens (primary N) is 1. The molecule has 0 aliphatic heterocycles. The first kappa shape index (κ1) is 8.17. The molecule has 0 spiro atoms. The average Bonchev–Trinajstić information content (AvgIpc) is 2.07. The Labute approximate surface area is 71.6 Å². The predicted octanol–water partition coefficient (Wildman–Crippen LogP) is 1.45. The number of rotatable bonds is 0. The zero-order chi connectivity index (χ0) is 8.97. The van der Waals surface area contributed by atoms with Crippen LogP contribution in [0.5, 0.6) is 0 Å². The van der Waals surface area contributed by atoms with Crippen LogP contribution in [0, 0.1) is 30.1 Å². The number of benzene rings is 1. The minimum absolute atomic E-state index is 0.748. The van der Waals surface area contributed by atoms with E-state index in [0.717, 1.165) is 16.8 Å². The normalized spacial score (nSPS) is 8.00. The van der Waals surface area contributed by atoms with Crippen molar-refractivity contribution in [1.29, 1.82) is 5.26 Å². The third kappa shape index (κ3) is 1.78. The molecule has 0 fully saturated rings. The second kappa shape index (κ2) is 3.46. The quantitative estimate of drug-likeness (QED) is 0.456. The van der Waals surface area contributed by atoms with Crippen LogP contribution in [0.3, 0.4) is 0 Å². The lowest BCUT2D eigenvalue weighted by molar-refractivity contribution is 1.45. The number of aryl methyl sites for hydroxylation is 1. The molecule has 2 nitrogen and oxygen atoms in total. The molecule has 58 valence electrons. The number of nitrogen functional groups attached to an aromatic ring is 1. The molecule has 0 aromatic heterocycles. The van der Waals surface area contributed by atoms with Crippen LogP contribution in [0.2, 0.25) is 0 Å². The molecule has 2 heteroatoms. The van der Waals surface area contributed by atoms with Crippen LogP contribution in [-0.4, -0.2) is 0 Å². The molecule has 0 saturated carbocycles. The zero-order valence-electron chi connectivity index (χ0n) is 6.76. The topological polar surface area (TPSA) is 49.8 Å². The Kier molecular flexibility index (Phi) is 2.35. The van der Waals surface area contributed by atoms with Crippen molar-refractivity contribution in [2.45, 2.75) is 6.92 Å². The van der Waals surface area contributed by atoms with Crippen LogP contribution in [0.15, 0.2) is 18.2 Å². The Bertz CT molecular complexity index is 389. The maximum Gasteiger partial charge on any atom is 0.152 e. The Morgan fingerprint density at radius 3 is 2.75 bits per heavy atom. The molecule has 0 radical (unpaired) electrons. The summed E-state index contributed by atoms with van der Waals surface area (Å²) in [6.45, 7) is 1.91. The minimum Gasteiger partial charge on any atom is -0.399 e. The van der Waals surface area contributed by atoms with E-state index in [0.29, 0.717) is 0 Å². The summed E-state index contributed by atoms with van der Waals surface area (Å²) in [4.78, 5) is 0. The third-order valence-electron chi connectivity index (χ3n) is 1.53. The highest BCUT2D eigenvalue weighted by atomic mass is 14.5. The first-order chi connectivity index (χ1) is 5.74. The van der Waals surface area contributed by atoms with E-state index in [-0.39, 0.29) is 0 Å². The Hall–Kier alpha value is -1.93. The van der Waals surface area contributed by atoms with E-state index in [1.54, 1.807) is 18.2 Å². The molecule has 12 heavy (non-hydrogen) atoms. The highest BCUT2D eigenvalue weighted by molar-refractivity contribution is 5.51. The molecule has 1 aromatic carbocycles. The van der Waals surface area contributed by atoms with Crippen LogP contribution in [0.4, 0.5) is 5.69 Å². The van der Waals surface area contributed by atoms with Gasteiger partial charge in [-0.15, -0.1) is 0 Å². The van der Waals surface area contributed by atoms with Gasteiger partial charge in [0.05, 0.1) is 0 Å². The largest absolute Gasteiger partial charge is 0.399 e. The lowest BCUT2D eigenvalue weighted by atomic mass is 10.1. The minimum atomic E-state index is 0.748. The Morgan fingerprint density at radius 2 is 2.17 bits per heavy atom. The average molecular weight is 156 g/mol. The van der Waals surface area contributed by atoms with Gasteiger partial charge in [0, 0.05) is 17.2 Å². The number of hydrogen-bond donors (Lipinski definition) is 1. The molecule has 1 aromatic rings. The summed E-state index contributed by atoms with van der Waals surface area (Å²) in [6, 6.07) is 7.21. The van der Waals surface area contributed by atoms with Gasteiger partial charge >= 0.3 is 0 Å². The van der Waals surface area contributed by atoms with Crippen molar-refractivity contribution >= 4 is 5.69 Å². The van der Waals surface area contributed by atoms with Gasteiger partial charge < -0.3 is 5.73 Å². The SMILES string of the molecule is Cc1cc(C#CC#N)ccc1N. The maximum absolute atomic E-state index is 8.20. The second-order valence-electron chi connectivity index (χ2n) is 2.43. The van der Waals surface area contributed by atoms with Crippen molar-refractivity contribution in [3.8, 4) is 17.9 Å². The first-order valence-corrected chi connectivity index (χ1v) is 3.50. The fourth-order valence-corrected chi connectivity index (χ4v) is 0.854. The van der Waals surface area contributed by atoms with Gasteiger partial charge in [0.2, 0.25) is 0 Å². The van der Waals surface area contributed by atoms with Gasteiger partial charge in [-0.05, 0) is 30.7 Å². The van der Waals surface area contributed by atoms with Gasteiger partial charge in [-0.25, -0.2) is 0 Å². The smallest absolute Gasteiger partial charge is 0.152 e. The fourth-order valence-electron chi connectivity index (χ4n) is 0.854. The van der Waals surface area contributed by atoms with Crippen LogP contribution in [0.1, 0.15) is 11.1 Å². The van der Waals surface area contributed by atoms with Crippen molar-refractivity contribution in [2.24, 2.45) is 0 Å². The fraction of sp³-hybridized carbons (Fsp3) is 0.100. The van der Waals surface area contributed by atoms with E-state index in [1.807, 2.05) is 13.0 Å². The molecule has 0 heterocycles. The van der Waals surface area contributed by atoms with E-state index in [1.165, 1.54) is 0 Å².